The molecule has 0 saturated carbocycles. The number of benzene rings is 2. The fourth-order valence-electron chi connectivity index (χ4n) is 3.95. The molecule has 0 bridgehead atoms. The number of unbranched alkanes of at least 4 members (excludes halogenated alkanes) is 4. The summed E-state index contributed by atoms with van der Waals surface area (Å²) < 4.78 is 6.99. The predicted octanol–water partition coefficient (Wildman–Crippen LogP) is 5.15. The summed E-state index contributed by atoms with van der Waals surface area (Å²) in [6, 6.07) is 15.1. The van der Waals surface area contributed by atoms with Gasteiger partial charge in [-0.2, -0.15) is 9.78 Å². The van der Waals surface area contributed by atoms with Crippen LogP contribution in [0.15, 0.2) is 53.6 Å². The van der Waals surface area contributed by atoms with Gasteiger partial charge in [0.05, 0.1) is 23.9 Å². The molecule has 182 valence electrons. The van der Waals surface area contributed by atoms with Crippen molar-refractivity contribution in [1.29, 1.82) is 0 Å². The number of ether oxygens (including phenoxy) is 1. The molecule has 3 N–H and O–H groups in total. The minimum absolute atomic E-state index is 0.209. The first-order chi connectivity index (χ1) is 17.1. The first-order valence-electron chi connectivity index (χ1n) is 12.2. The molecule has 2 heterocycles. The molecule has 0 atom stereocenters. The van der Waals surface area contributed by atoms with E-state index in [9.17, 15) is 4.79 Å². The van der Waals surface area contributed by atoms with Crippen LogP contribution in [0.4, 0.5) is 5.82 Å². The maximum absolute atomic E-state index is 13.2. The molecule has 0 aliphatic rings. The van der Waals surface area contributed by atoms with E-state index in [1.54, 1.807) is 6.21 Å². The summed E-state index contributed by atoms with van der Waals surface area (Å²) in [6.45, 7) is 5.32. The normalized spacial score (nSPS) is 11.5. The monoisotopic (exact) mass is 472 g/mol. The Morgan fingerprint density at radius 2 is 1.74 bits per heavy atom. The third kappa shape index (κ3) is 5.59. The first kappa shape index (κ1) is 24.2. The lowest BCUT2D eigenvalue weighted by Crippen LogP contribution is -2.25. The van der Waals surface area contributed by atoms with E-state index in [-0.39, 0.29) is 11.7 Å². The lowest BCUT2D eigenvalue weighted by molar-refractivity contribution is 0.0955. The fraction of sp³-hybridized carbons (Fsp3) is 0.333. The number of hydrogen-bond donors (Lipinski definition) is 2. The number of aromatic nitrogens is 3. The number of nitrogens with one attached hydrogen (secondary N) is 1. The minimum Gasteiger partial charge on any atom is -0.494 e. The second kappa shape index (κ2) is 11.5. The summed E-state index contributed by atoms with van der Waals surface area (Å²) >= 11 is 0. The quantitative estimate of drug-likeness (QED) is 0.232. The van der Waals surface area contributed by atoms with Gasteiger partial charge in [-0.1, -0.05) is 44.7 Å². The smallest absolute Gasteiger partial charge is 0.257 e. The van der Waals surface area contributed by atoms with Crippen molar-refractivity contribution in [3.05, 3.63) is 59.7 Å². The van der Waals surface area contributed by atoms with Crippen molar-refractivity contribution >= 4 is 40.1 Å². The van der Waals surface area contributed by atoms with Crippen LogP contribution in [0.25, 0.3) is 22.2 Å². The second-order valence-electron chi connectivity index (χ2n) is 8.37. The van der Waals surface area contributed by atoms with Crippen molar-refractivity contribution in [2.24, 2.45) is 5.10 Å². The molecule has 8 nitrogen and oxygen atoms in total. The summed E-state index contributed by atoms with van der Waals surface area (Å²) in [4.78, 5) is 22.6. The number of para-hydroxylation sites is 2. The average molecular weight is 473 g/mol. The van der Waals surface area contributed by atoms with Gasteiger partial charge in [-0.05, 0) is 55.3 Å². The molecule has 0 aliphatic carbocycles. The van der Waals surface area contributed by atoms with Crippen LogP contribution in [0.2, 0.25) is 0 Å². The Kier molecular flexibility index (Phi) is 7.92. The van der Waals surface area contributed by atoms with E-state index >= 15 is 0 Å². The van der Waals surface area contributed by atoms with E-state index in [2.05, 4.69) is 17.3 Å². The Hall–Kier alpha value is -3.94. The summed E-state index contributed by atoms with van der Waals surface area (Å²) in [7, 11) is 0. The predicted molar refractivity (Wildman–Crippen MR) is 141 cm³/mol. The van der Waals surface area contributed by atoms with Gasteiger partial charge in [0.2, 0.25) is 0 Å². The Morgan fingerprint density at radius 1 is 1.03 bits per heavy atom. The molecule has 1 amide bonds. The number of amides is 1. The lowest BCUT2D eigenvalue weighted by atomic mass is 10.1. The Morgan fingerprint density at radius 3 is 2.46 bits per heavy atom. The van der Waals surface area contributed by atoms with Crippen LogP contribution in [-0.4, -0.2) is 39.9 Å². The number of fused-ring (bicyclic) bond motifs is 2. The van der Waals surface area contributed by atoms with Crippen molar-refractivity contribution in [3.8, 4) is 5.75 Å². The average Bonchev–Trinajstić information content (AvgIpc) is 3.14. The maximum atomic E-state index is 13.2. The highest BCUT2D eigenvalue weighted by Gasteiger charge is 2.23. The first-order valence-corrected chi connectivity index (χ1v) is 12.2. The van der Waals surface area contributed by atoms with Gasteiger partial charge in [0, 0.05) is 6.54 Å². The summed E-state index contributed by atoms with van der Waals surface area (Å²) in [5.74, 6) is 0.741. The third-order valence-electron chi connectivity index (χ3n) is 5.78. The molecule has 35 heavy (non-hydrogen) atoms. The molecule has 4 aromatic rings. The van der Waals surface area contributed by atoms with E-state index in [1.807, 2.05) is 55.5 Å². The van der Waals surface area contributed by atoms with Crippen molar-refractivity contribution in [2.75, 3.05) is 18.9 Å². The van der Waals surface area contributed by atoms with Gasteiger partial charge < -0.3 is 15.8 Å². The van der Waals surface area contributed by atoms with E-state index in [0.29, 0.717) is 40.9 Å². The minimum atomic E-state index is -0.261. The summed E-state index contributed by atoms with van der Waals surface area (Å²) in [5, 5.41) is 7.56. The molecule has 0 unspecified atom stereocenters. The number of anilines is 1. The number of carbonyl (C=O) groups excluding carboxylic acids is 1. The number of nitrogen functional groups attached to an aromatic ring is 1. The maximum Gasteiger partial charge on any atom is 0.257 e. The highest BCUT2D eigenvalue weighted by Crippen LogP contribution is 2.28. The molecule has 0 fully saturated rings. The van der Waals surface area contributed by atoms with Gasteiger partial charge in [0.25, 0.3) is 5.91 Å². The fourth-order valence-corrected chi connectivity index (χ4v) is 3.95. The van der Waals surface area contributed by atoms with Crippen LogP contribution in [0.1, 0.15) is 61.9 Å². The standard InChI is InChI=1S/C27H32N6O2/c1-3-5-6-7-10-17-29-27(34)23-24-26(32-22-12-9-8-11-21(22)31-24)33(25(23)28)30-18-19-13-15-20(16-14-19)35-4-2/h8-9,11-16,18H,3-7,10,17,28H2,1-2H3,(H,29,34). The molecule has 0 aliphatic heterocycles. The van der Waals surface area contributed by atoms with Crippen LogP contribution in [0.3, 0.4) is 0 Å². The van der Waals surface area contributed by atoms with Gasteiger partial charge in [-0.3, -0.25) is 4.79 Å². The molecule has 2 aromatic carbocycles. The molecule has 0 saturated heterocycles. The van der Waals surface area contributed by atoms with Gasteiger partial charge in [0.15, 0.2) is 5.65 Å². The van der Waals surface area contributed by atoms with E-state index in [1.165, 1.54) is 23.9 Å². The topological polar surface area (TPSA) is 107 Å². The largest absolute Gasteiger partial charge is 0.494 e. The zero-order valence-electron chi connectivity index (χ0n) is 20.3. The molecular weight excluding hydrogens is 440 g/mol. The van der Waals surface area contributed by atoms with Crippen LogP contribution in [0.5, 0.6) is 5.75 Å². The SMILES string of the molecule is CCCCCCCNC(=O)c1c(N)n(N=Cc2ccc(OCC)cc2)c2nc3ccccc3nc12. The van der Waals surface area contributed by atoms with Crippen LogP contribution >= 0.6 is 0 Å². The zero-order valence-corrected chi connectivity index (χ0v) is 20.3. The van der Waals surface area contributed by atoms with E-state index in [4.69, 9.17) is 20.4 Å². The Bertz CT molecular complexity index is 1330. The molecule has 0 radical (unpaired) electrons. The number of carbonyl (C=O) groups is 1. The van der Waals surface area contributed by atoms with Crippen molar-refractivity contribution in [2.45, 2.75) is 46.0 Å². The molecule has 0 spiro atoms. The van der Waals surface area contributed by atoms with Crippen LogP contribution < -0.4 is 15.8 Å². The molecular formula is C27H32N6O2. The van der Waals surface area contributed by atoms with Crippen LogP contribution in [0, 0.1) is 0 Å². The Labute approximate surface area is 205 Å². The second-order valence-corrected chi connectivity index (χ2v) is 8.37. The van der Waals surface area contributed by atoms with Gasteiger partial charge in [-0.15, -0.1) is 0 Å². The highest BCUT2D eigenvalue weighted by atomic mass is 16.5. The van der Waals surface area contributed by atoms with Gasteiger partial charge in [-0.25, -0.2) is 9.97 Å². The third-order valence-corrected chi connectivity index (χ3v) is 5.78. The zero-order chi connectivity index (χ0) is 24.6. The van der Waals surface area contributed by atoms with E-state index < -0.39 is 0 Å². The summed E-state index contributed by atoms with van der Waals surface area (Å²) in [6.07, 6.45) is 7.26. The molecule has 8 heteroatoms. The number of rotatable bonds is 11. The molecule has 2 aromatic heterocycles. The molecule has 4 rings (SSSR count). The van der Waals surface area contributed by atoms with Crippen molar-refractivity contribution in [1.82, 2.24) is 20.0 Å². The van der Waals surface area contributed by atoms with Crippen molar-refractivity contribution < 1.29 is 9.53 Å². The van der Waals surface area contributed by atoms with Crippen molar-refractivity contribution in [3.63, 3.8) is 0 Å². The number of nitrogens with zero attached hydrogens (tertiary/aromatic N) is 4. The van der Waals surface area contributed by atoms with Crippen LogP contribution in [-0.2, 0) is 0 Å². The van der Waals surface area contributed by atoms with E-state index in [0.717, 1.165) is 24.2 Å². The van der Waals surface area contributed by atoms with Gasteiger partial charge in [0.1, 0.15) is 22.6 Å². The number of hydrogen-bond acceptors (Lipinski definition) is 6. The highest BCUT2D eigenvalue weighted by molar-refractivity contribution is 6.10. The lowest BCUT2D eigenvalue weighted by Gasteiger charge is -2.05. The Balaban J connectivity index is 1.66. The van der Waals surface area contributed by atoms with Gasteiger partial charge >= 0.3 is 0 Å². The summed E-state index contributed by atoms with van der Waals surface area (Å²) in [5.41, 5.74) is 9.91. The number of nitrogens with two attached hydrogens (primary N) is 1.